The highest BCUT2D eigenvalue weighted by atomic mass is 28.4. The predicted octanol–water partition coefficient (Wildman–Crippen LogP) is 7.07. The van der Waals surface area contributed by atoms with Crippen molar-refractivity contribution in [3.63, 3.8) is 0 Å². The van der Waals surface area contributed by atoms with Gasteiger partial charge in [-0.15, -0.1) is 0 Å². The molecule has 0 saturated heterocycles. The topological polar surface area (TPSA) is 46.5 Å². The molecule has 4 heteroatoms. The summed E-state index contributed by atoms with van der Waals surface area (Å²) in [4.78, 5) is 13.6. The molecule has 0 amide bonds. The van der Waals surface area contributed by atoms with Gasteiger partial charge in [0.05, 0.1) is 5.60 Å². The Morgan fingerprint density at radius 2 is 1.91 bits per heavy atom. The molecule has 0 heterocycles. The number of allylic oxidation sites excluding steroid dienone is 3. The van der Waals surface area contributed by atoms with E-state index in [1.54, 1.807) is 0 Å². The van der Waals surface area contributed by atoms with Gasteiger partial charge in [-0.2, -0.15) is 0 Å². The number of fused-ring (bicyclic) bond motifs is 5. The van der Waals surface area contributed by atoms with Gasteiger partial charge >= 0.3 is 0 Å². The molecule has 0 spiro atoms. The molecular formula is C29H48O3Si. The van der Waals surface area contributed by atoms with Crippen molar-refractivity contribution in [2.75, 3.05) is 6.61 Å². The van der Waals surface area contributed by atoms with Gasteiger partial charge in [0.2, 0.25) is 0 Å². The van der Waals surface area contributed by atoms with Crippen LogP contribution >= 0.6 is 0 Å². The summed E-state index contributed by atoms with van der Waals surface area (Å²) in [6.07, 6.45) is 11.0. The van der Waals surface area contributed by atoms with E-state index < -0.39 is 13.9 Å². The zero-order valence-electron chi connectivity index (χ0n) is 22.5. The summed E-state index contributed by atoms with van der Waals surface area (Å²) in [5.74, 6) is 1.44. The molecule has 0 radical (unpaired) electrons. The largest absolute Gasteiger partial charge is 0.417 e. The molecule has 2 bridgehead atoms. The molecule has 1 N–H and O–H groups in total. The van der Waals surface area contributed by atoms with Gasteiger partial charge in [0.25, 0.3) is 0 Å². The van der Waals surface area contributed by atoms with Crippen molar-refractivity contribution in [3.8, 4) is 0 Å². The lowest BCUT2D eigenvalue weighted by molar-refractivity contribution is -0.166. The van der Waals surface area contributed by atoms with Crippen LogP contribution in [0.3, 0.4) is 0 Å². The van der Waals surface area contributed by atoms with Crippen LogP contribution in [0.1, 0.15) is 86.5 Å². The Hall–Kier alpha value is -0.713. The van der Waals surface area contributed by atoms with Crippen LogP contribution in [0.4, 0.5) is 0 Å². The molecule has 4 aliphatic carbocycles. The number of rotatable bonds is 4. The van der Waals surface area contributed by atoms with Gasteiger partial charge in [-0.25, -0.2) is 0 Å². The fourth-order valence-electron chi connectivity index (χ4n) is 7.67. The van der Waals surface area contributed by atoms with E-state index in [-0.39, 0.29) is 28.2 Å². The average Bonchev–Trinajstić information content (AvgIpc) is 3.08. The van der Waals surface area contributed by atoms with Crippen molar-refractivity contribution in [1.29, 1.82) is 0 Å². The quantitative estimate of drug-likeness (QED) is 0.445. The van der Waals surface area contributed by atoms with Crippen molar-refractivity contribution < 1.29 is 14.3 Å². The molecule has 7 atom stereocenters. The lowest BCUT2D eigenvalue weighted by atomic mass is 9.52. The maximum Gasteiger partial charge on any atom is 0.191 e. The molecule has 4 aliphatic rings. The van der Waals surface area contributed by atoms with Crippen molar-refractivity contribution in [2.24, 2.45) is 35.0 Å². The molecule has 0 aromatic carbocycles. The van der Waals surface area contributed by atoms with E-state index in [1.807, 2.05) is 0 Å². The predicted molar refractivity (Wildman–Crippen MR) is 138 cm³/mol. The van der Waals surface area contributed by atoms with Gasteiger partial charge in [-0.3, -0.25) is 4.79 Å². The summed E-state index contributed by atoms with van der Waals surface area (Å²) in [5.41, 5.74) is 1.80. The van der Waals surface area contributed by atoms with E-state index in [0.717, 1.165) is 45.1 Å². The molecule has 33 heavy (non-hydrogen) atoms. The second-order valence-corrected chi connectivity index (χ2v) is 18.5. The normalized spacial score (nSPS) is 41.8. The van der Waals surface area contributed by atoms with Gasteiger partial charge in [0.15, 0.2) is 8.32 Å². The minimum Gasteiger partial charge on any atom is -0.417 e. The molecular weight excluding hydrogens is 424 g/mol. The Labute approximate surface area is 203 Å². The van der Waals surface area contributed by atoms with Gasteiger partial charge < -0.3 is 9.53 Å². The van der Waals surface area contributed by atoms with Gasteiger partial charge in [-0.05, 0) is 98.7 Å². The molecule has 2 fully saturated rings. The summed E-state index contributed by atoms with van der Waals surface area (Å²) in [6, 6.07) is 0. The smallest absolute Gasteiger partial charge is 0.191 e. The van der Waals surface area contributed by atoms with Crippen LogP contribution in [0.25, 0.3) is 0 Å². The van der Waals surface area contributed by atoms with E-state index in [0.29, 0.717) is 24.0 Å². The number of hydrogen-bond acceptors (Lipinski definition) is 3. The third kappa shape index (κ3) is 4.16. The summed E-state index contributed by atoms with van der Waals surface area (Å²) in [7, 11) is -1.78. The van der Waals surface area contributed by atoms with Crippen molar-refractivity contribution in [3.05, 3.63) is 23.3 Å². The maximum atomic E-state index is 13.6. The molecule has 0 aliphatic heterocycles. The fraction of sp³-hybridized carbons (Fsp3) is 0.828. The molecule has 0 aromatic rings. The van der Waals surface area contributed by atoms with Crippen LogP contribution < -0.4 is 0 Å². The first kappa shape index (κ1) is 25.4. The molecule has 0 unspecified atom stereocenters. The zero-order chi connectivity index (χ0) is 24.4. The number of aliphatic hydroxyl groups is 1. The number of hydrogen-bond donors (Lipinski definition) is 1. The minimum atomic E-state index is -1.78. The molecule has 2 saturated carbocycles. The highest BCUT2D eigenvalue weighted by Gasteiger charge is 2.62. The Balaban J connectivity index is 1.57. The van der Waals surface area contributed by atoms with E-state index in [1.165, 1.54) is 11.1 Å². The molecule has 3 nitrogen and oxygen atoms in total. The van der Waals surface area contributed by atoms with Crippen LogP contribution in [0.2, 0.25) is 18.1 Å². The van der Waals surface area contributed by atoms with Crippen LogP contribution in [-0.4, -0.2) is 31.4 Å². The minimum absolute atomic E-state index is 0.0650. The van der Waals surface area contributed by atoms with Gasteiger partial charge in [0, 0.05) is 18.4 Å². The summed E-state index contributed by atoms with van der Waals surface area (Å²) < 4.78 is 6.65. The first-order chi connectivity index (χ1) is 15.2. The molecule has 0 aromatic heterocycles. The zero-order valence-corrected chi connectivity index (χ0v) is 23.5. The summed E-state index contributed by atoms with van der Waals surface area (Å²) in [6.45, 7) is 19.4. The molecule has 186 valence electrons. The number of carbonyl (C=O) groups is 1. The van der Waals surface area contributed by atoms with Crippen molar-refractivity contribution >= 4 is 14.1 Å². The fourth-order valence-corrected chi connectivity index (χ4v) is 8.78. The van der Waals surface area contributed by atoms with E-state index >= 15 is 0 Å². The van der Waals surface area contributed by atoms with Crippen molar-refractivity contribution in [2.45, 2.75) is 110 Å². The summed E-state index contributed by atoms with van der Waals surface area (Å²) in [5, 5.41) is 12.5. The maximum absolute atomic E-state index is 13.6. The lowest BCUT2D eigenvalue weighted by Gasteiger charge is -2.55. The Morgan fingerprint density at radius 3 is 2.58 bits per heavy atom. The highest BCUT2D eigenvalue weighted by molar-refractivity contribution is 6.74. The Morgan fingerprint density at radius 1 is 1.21 bits per heavy atom. The molecule has 4 rings (SSSR count). The third-order valence-electron chi connectivity index (χ3n) is 10.9. The number of ketones is 1. The average molecular weight is 473 g/mol. The van der Waals surface area contributed by atoms with Crippen LogP contribution in [0, 0.1) is 35.0 Å². The van der Waals surface area contributed by atoms with E-state index in [4.69, 9.17) is 4.43 Å². The van der Waals surface area contributed by atoms with Crippen LogP contribution in [-0.2, 0) is 9.22 Å². The second-order valence-electron chi connectivity index (χ2n) is 13.7. The highest BCUT2D eigenvalue weighted by Crippen LogP contribution is 2.64. The van der Waals surface area contributed by atoms with Crippen molar-refractivity contribution in [1.82, 2.24) is 0 Å². The summed E-state index contributed by atoms with van der Waals surface area (Å²) >= 11 is 0. The first-order valence-corrected chi connectivity index (χ1v) is 16.4. The third-order valence-corrected chi connectivity index (χ3v) is 15.4. The van der Waals surface area contributed by atoms with Crippen LogP contribution in [0.5, 0.6) is 0 Å². The Kier molecular flexibility index (Phi) is 6.50. The monoisotopic (exact) mass is 472 g/mol. The number of Topliss-reactive ketones (excluding diaryl/α,β-unsaturated/α-hetero) is 1. The Bertz CT molecular complexity index is 849. The second kappa shape index (κ2) is 8.45. The number of carbonyl (C=O) groups excluding carboxylic acids is 1. The SMILES string of the molecule is CC1=CC[C@@H]2C/C1=C\C[C@@]1(O)[C@@H]3CC[C@H]([C@H](C)CO[Si](C)(C)C(C)(C)C)[C@@]3(C)CC[C@H]1C2=O. The van der Waals surface area contributed by atoms with Gasteiger partial charge in [0.1, 0.15) is 5.78 Å². The van der Waals surface area contributed by atoms with E-state index in [2.05, 4.69) is 66.8 Å². The van der Waals surface area contributed by atoms with E-state index in [9.17, 15) is 9.90 Å². The lowest BCUT2D eigenvalue weighted by Crippen LogP contribution is -2.58. The standard InChI is InChI=1S/C29H48O3Si/c1-19-9-10-22-17-21(19)13-16-29(31)24(26(22)30)14-15-28(6)23(11-12-25(28)29)20(2)18-32-33(7,8)27(3,4)5/h9,13,20,22-25,31H,10-12,14-18H2,1-8H3/b21-13+/t20-,22-,23-,24+,25-,28-,29+/m1/s1. The van der Waals surface area contributed by atoms with Gasteiger partial charge in [-0.1, -0.05) is 52.3 Å². The first-order valence-electron chi connectivity index (χ1n) is 13.5. The van der Waals surface area contributed by atoms with Crippen LogP contribution in [0.15, 0.2) is 23.3 Å².